The van der Waals surface area contributed by atoms with Crippen LogP contribution in [0, 0.1) is 0 Å². The lowest BCUT2D eigenvalue weighted by molar-refractivity contribution is -0.252. The second-order valence-electron chi connectivity index (χ2n) is 3.02. The monoisotopic (exact) mass is 192 g/mol. The Balaban J connectivity index is 2.56. The van der Waals surface area contributed by atoms with E-state index in [1.807, 2.05) is 0 Å². The zero-order chi connectivity index (χ0) is 9.84. The van der Waals surface area contributed by atoms with Gasteiger partial charge in [-0.05, 0) is 0 Å². The molecular weight excluding hydrogens is 176 g/mol. The van der Waals surface area contributed by atoms with Gasteiger partial charge in [0.1, 0.15) is 12.2 Å². The van der Waals surface area contributed by atoms with E-state index >= 15 is 0 Å². The first-order chi connectivity index (χ1) is 6.22. The molecule has 0 spiro atoms. The normalized spacial score (nSPS) is 40.6. The number of hydrogen-bond acceptors (Lipinski definition) is 5. The molecule has 78 valence electrons. The van der Waals surface area contributed by atoms with E-state index < -0.39 is 18.5 Å². The van der Waals surface area contributed by atoms with Crippen molar-refractivity contribution in [2.24, 2.45) is 0 Å². The van der Waals surface area contributed by atoms with Gasteiger partial charge in [0.25, 0.3) is 0 Å². The predicted molar refractivity (Wildman–Crippen MR) is 44.2 cm³/mol. The maximum Gasteiger partial charge on any atom is 0.160 e. The van der Waals surface area contributed by atoms with Gasteiger partial charge in [0.15, 0.2) is 6.29 Å². The largest absolute Gasteiger partial charge is 0.394 e. The summed E-state index contributed by atoms with van der Waals surface area (Å²) in [6.07, 6.45) is -1.68. The predicted octanol–water partition coefficient (Wildman–Crippen LogP) is -0.884. The van der Waals surface area contributed by atoms with Gasteiger partial charge in [-0.3, -0.25) is 0 Å². The summed E-state index contributed by atoms with van der Waals surface area (Å²) < 4.78 is 15.3. The van der Waals surface area contributed by atoms with Crippen molar-refractivity contribution in [3.05, 3.63) is 0 Å². The maximum absolute atomic E-state index is 9.58. The number of ether oxygens (including phenoxy) is 3. The number of rotatable bonds is 3. The summed E-state index contributed by atoms with van der Waals surface area (Å²) in [6, 6.07) is 0. The van der Waals surface area contributed by atoms with Gasteiger partial charge in [0, 0.05) is 20.6 Å². The van der Waals surface area contributed by atoms with Crippen molar-refractivity contribution in [3.63, 3.8) is 0 Å². The minimum Gasteiger partial charge on any atom is -0.394 e. The Bertz CT molecular complexity index is 137. The molecule has 0 bridgehead atoms. The van der Waals surface area contributed by atoms with Gasteiger partial charge < -0.3 is 24.4 Å². The highest BCUT2D eigenvalue weighted by Crippen LogP contribution is 2.22. The molecule has 1 fully saturated rings. The molecule has 0 aliphatic carbocycles. The summed E-state index contributed by atoms with van der Waals surface area (Å²) in [6.45, 7) is -0.235. The van der Waals surface area contributed by atoms with Crippen molar-refractivity contribution < 1.29 is 24.4 Å². The highest BCUT2D eigenvalue weighted by Gasteiger charge is 2.37. The van der Waals surface area contributed by atoms with Gasteiger partial charge in [-0.1, -0.05) is 0 Å². The van der Waals surface area contributed by atoms with E-state index in [1.165, 1.54) is 14.2 Å². The van der Waals surface area contributed by atoms with Gasteiger partial charge in [-0.25, -0.2) is 0 Å². The summed E-state index contributed by atoms with van der Waals surface area (Å²) in [4.78, 5) is 0. The molecule has 5 nitrogen and oxygen atoms in total. The van der Waals surface area contributed by atoms with E-state index in [1.54, 1.807) is 0 Å². The molecule has 5 heteroatoms. The van der Waals surface area contributed by atoms with Crippen molar-refractivity contribution in [2.75, 3.05) is 20.8 Å². The van der Waals surface area contributed by atoms with Gasteiger partial charge in [0.05, 0.1) is 12.7 Å². The van der Waals surface area contributed by atoms with Crippen molar-refractivity contribution in [3.8, 4) is 0 Å². The summed E-state index contributed by atoms with van der Waals surface area (Å²) in [5.74, 6) is 0. The minimum atomic E-state index is -0.790. The van der Waals surface area contributed by atoms with Crippen LogP contribution < -0.4 is 0 Å². The average molecular weight is 192 g/mol. The van der Waals surface area contributed by atoms with Gasteiger partial charge in [-0.2, -0.15) is 0 Å². The average Bonchev–Trinajstić information content (AvgIpc) is 2.18. The molecule has 0 aromatic rings. The van der Waals surface area contributed by atoms with E-state index in [0.717, 1.165) is 0 Å². The van der Waals surface area contributed by atoms with E-state index in [9.17, 15) is 5.11 Å². The highest BCUT2D eigenvalue weighted by molar-refractivity contribution is 4.83. The Kier molecular flexibility index (Phi) is 4.08. The van der Waals surface area contributed by atoms with Crippen LogP contribution in [0.4, 0.5) is 0 Å². The summed E-state index contributed by atoms with van der Waals surface area (Å²) in [7, 11) is 3.03. The van der Waals surface area contributed by atoms with Crippen LogP contribution in [0.25, 0.3) is 0 Å². The summed E-state index contributed by atoms with van der Waals surface area (Å²) >= 11 is 0. The third-order valence-corrected chi connectivity index (χ3v) is 2.26. The lowest BCUT2D eigenvalue weighted by Gasteiger charge is -2.37. The SMILES string of the molecule is CO[C@@H]1C[C@H](OC)[C@H](O)[C@@H](CO)O1. The Morgan fingerprint density at radius 1 is 1.38 bits per heavy atom. The zero-order valence-corrected chi connectivity index (χ0v) is 7.84. The standard InChI is InChI=1S/C8H16O5/c1-11-5-3-7(12-2)13-6(4-9)8(5)10/h5-10H,3-4H2,1-2H3/t5-,6+,7-,8-/m0/s1. The molecule has 13 heavy (non-hydrogen) atoms. The highest BCUT2D eigenvalue weighted by atomic mass is 16.7. The molecule has 1 saturated heterocycles. The second-order valence-corrected chi connectivity index (χ2v) is 3.02. The third kappa shape index (κ3) is 2.38. The minimum absolute atomic E-state index is 0.235. The van der Waals surface area contributed by atoms with Crippen molar-refractivity contribution in [1.82, 2.24) is 0 Å². The smallest absolute Gasteiger partial charge is 0.160 e. The van der Waals surface area contributed by atoms with Crippen molar-refractivity contribution in [1.29, 1.82) is 0 Å². The topological polar surface area (TPSA) is 68.2 Å². The molecule has 0 amide bonds. The Morgan fingerprint density at radius 3 is 2.54 bits per heavy atom. The molecule has 0 unspecified atom stereocenters. The molecular formula is C8H16O5. The number of aliphatic hydroxyl groups is 2. The summed E-state index contributed by atoms with van der Waals surface area (Å²) in [5, 5.41) is 18.5. The van der Waals surface area contributed by atoms with Crippen LogP contribution >= 0.6 is 0 Å². The summed E-state index contributed by atoms with van der Waals surface area (Å²) in [5.41, 5.74) is 0. The van der Waals surface area contributed by atoms with Crippen LogP contribution in [0.2, 0.25) is 0 Å². The Hall–Kier alpha value is -0.200. The first-order valence-electron chi connectivity index (χ1n) is 4.23. The molecule has 1 aliphatic rings. The van der Waals surface area contributed by atoms with E-state index in [0.29, 0.717) is 6.42 Å². The number of aliphatic hydroxyl groups excluding tert-OH is 2. The fourth-order valence-electron chi connectivity index (χ4n) is 1.44. The van der Waals surface area contributed by atoms with E-state index in [2.05, 4.69) is 0 Å². The molecule has 0 saturated carbocycles. The van der Waals surface area contributed by atoms with E-state index in [-0.39, 0.29) is 12.7 Å². The van der Waals surface area contributed by atoms with Gasteiger partial charge in [0.2, 0.25) is 0 Å². The fourth-order valence-corrected chi connectivity index (χ4v) is 1.44. The third-order valence-electron chi connectivity index (χ3n) is 2.26. The first kappa shape index (κ1) is 10.9. The van der Waals surface area contributed by atoms with Crippen LogP contribution in [-0.4, -0.2) is 55.6 Å². The molecule has 4 atom stereocenters. The lowest BCUT2D eigenvalue weighted by Crippen LogP contribution is -2.51. The molecule has 1 rings (SSSR count). The van der Waals surface area contributed by atoms with Crippen molar-refractivity contribution in [2.45, 2.75) is 31.0 Å². The van der Waals surface area contributed by atoms with Crippen LogP contribution in [0.1, 0.15) is 6.42 Å². The number of hydrogen-bond donors (Lipinski definition) is 2. The molecule has 1 heterocycles. The molecule has 1 aliphatic heterocycles. The lowest BCUT2D eigenvalue weighted by atomic mass is 10.0. The fraction of sp³-hybridized carbons (Fsp3) is 1.00. The van der Waals surface area contributed by atoms with Crippen LogP contribution in [0.3, 0.4) is 0 Å². The number of methoxy groups -OCH3 is 2. The molecule has 0 aromatic carbocycles. The second kappa shape index (κ2) is 4.88. The van der Waals surface area contributed by atoms with E-state index in [4.69, 9.17) is 19.3 Å². The maximum atomic E-state index is 9.58. The molecule has 0 radical (unpaired) electrons. The van der Waals surface area contributed by atoms with Gasteiger partial charge >= 0.3 is 0 Å². The molecule has 0 aromatic heterocycles. The molecule has 2 N–H and O–H groups in total. The van der Waals surface area contributed by atoms with Crippen molar-refractivity contribution >= 4 is 0 Å². The van der Waals surface area contributed by atoms with Crippen LogP contribution in [-0.2, 0) is 14.2 Å². The first-order valence-corrected chi connectivity index (χ1v) is 4.23. The quantitative estimate of drug-likeness (QED) is 0.607. The Labute approximate surface area is 77.2 Å². The Morgan fingerprint density at radius 2 is 2.08 bits per heavy atom. The van der Waals surface area contributed by atoms with Crippen LogP contribution in [0.5, 0.6) is 0 Å². The zero-order valence-electron chi connectivity index (χ0n) is 7.84. The van der Waals surface area contributed by atoms with Gasteiger partial charge in [-0.15, -0.1) is 0 Å². The van der Waals surface area contributed by atoms with Crippen LogP contribution in [0.15, 0.2) is 0 Å².